The van der Waals surface area contributed by atoms with Crippen LogP contribution in [0.3, 0.4) is 0 Å². The summed E-state index contributed by atoms with van der Waals surface area (Å²) in [6.07, 6.45) is 0. The highest BCUT2D eigenvalue weighted by Gasteiger charge is 2.43. The average molecular weight is 2480 g/mol. The van der Waals surface area contributed by atoms with Gasteiger partial charge in [0.15, 0.2) is 183 Å². The first-order valence-corrected chi connectivity index (χ1v) is 144. The number of hydrogen-bond acceptors (Lipinski definition) is 17. The predicted molar refractivity (Wildman–Crippen MR) is 720 cm³/mol. The van der Waals surface area contributed by atoms with Gasteiger partial charge in [-0.05, 0) is 495 Å². The fourth-order valence-electron chi connectivity index (χ4n) is 14.1. The van der Waals surface area contributed by atoms with Crippen molar-refractivity contribution in [3.8, 4) is 0 Å². The van der Waals surface area contributed by atoms with Crippen molar-refractivity contribution in [2.45, 2.75) is 536 Å². The zero-order valence-electron chi connectivity index (χ0n) is 109. The lowest BCUT2D eigenvalue weighted by molar-refractivity contribution is 0.394. The van der Waals surface area contributed by atoms with Gasteiger partial charge in [0.2, 0.25) is 16.6 Å². The zero-order valence-corrected chi connectivity index (χ0v) is 138. The van der Waals surface area contributed by atoms with E-state index in [0.29, 0.717) is 0 Å². The van der Waals surface area contributed by atoms with E-state index in [1.165, 1.54) is 36.3 Å². The van der Waals surface area contributed by atoms with Crippen molar-refractivity contribution >= 4 is 242 Å². The van der Waals surface area contributed by atoms with E-state index in [9.17, 15) is 0 Å². The Bertz CT molecular complexity index is 2780. The summed E-state index contributed by atoms with van der Waals surface area (Å²) in [5, 5.41) is 0. The molecule has 0 aromatic heterocycles. The first-order chi connectivity index (χ1) is 59.7. The molecule has 0 amide bonds. The molecule has 0 rings (SSSR count). The van der Waals surface area contributed by atoms with E-state index in [4.69, 9.17) is 70.0 Å². The van der Waals surface area contributed by atoms with Gasteiger partial charge >= 0.3 is 42.8 Å². The van der Waals surface area contributed by atoms with Crippen LogP contribution in [-0.2, 0) is 70.0 Å². The second-order valence-electron chi connectivity index (χ2n) is 57.9. The van der Waals surface area contributed by atoms with Gasteiger partial charge in [-0.2, -0.15) is 0 Å². The van der Waals surface area contributed by atoms with Crippen LogP contribution in [0.15, 0.2) is 73.7 Å². The fourth-order valence-corrected chi connectivity index (χ4v) is 125. The van der Waals surface area contributed by atoms with Crippen molar-refractivity contribution in [2.75, 3.05) is 0 Å². The number of hydrogen-bond donors (Lipinski definition) is 0. The lowest BCUT2D eigenvalue weighted by Crippen LogP contribution is -2.50. The molecular weight excluding hydrogens is 2220 g/mol. The van der Waals surface area contributed by atoms with Gasteiger partial charge in [-0.1, -0.05) is 75.7 Å². The van der Waals surface area contributed by atoms with Gasteiger partial charge in [0.1, 0.15) is 0 Å². The lowest BCUT2D eigenvalue weighted by atomic mass is 10.9. The van der Waals surface area contributed by atoms with E-state index in [1.54, 1.807) is 0 Å². The van der Waals surface area contributed by atoms with Crippen LogP contribution in [0.4, 0.5) is 0 Å². The molecule has 0 aromatic carbocycles. The SMILES string of the molecule is C=C[Si](C)(C)O[Si](C)(C)C=C.C=C[Si](C)(C=C)O[Si](C)(C=C)C=C.CC[Si](C)(C)O[Si](C)(C)CC.CC[Si](C)(CC)O[Si](C)(CC)CC.C[Si](C)(C)O[Si](C)(C)C.C[Si](C)(C)O[Si](C)(C)C.C[Si](C)(C)O[Si](C)(C)C.C[Si](C)(C)O[Si](C)(C)O[Si](C)(C)C.C[Si](C)(C)O[Si](C)(C)O[Si](C)(C)C.C[Si](C)(C)O[Si](C)(C)O[Si](C)(C)C.C[Si](C)(C)O[Si](C)(C)O[Si](C)(C)C.C[Si](C)(C)O[Si](C)(C)O[Si](C)(C)C. The van der Waals surface area contributed by atoms with Gasteiger partial charge in [-0.25, -0.2) is 0 Å². The van der Waals surface area contributed by atoms with E-state index in [1.807, 2.05) is 34.2 Å². The molecule has 17 nitrogen and oxygen atoms in total. The van der Waals surface area contributed by atoms with Crippen LogP contribution in [0.1, 0.15) is 41.5 Å². The van der Waals surface area contributed by atoms with Gasteiger partial charge in [-0.15, -0.1) is 39.5 Å². The maximum Gasteiger partial charge on any atom is 0.311 e. The van der Waals surface area contributed by atoms with Crippen molar-refractivity contribution in [1.29, 1.82) is 0 Å². The van der Waals surface area contributed by atoms with Crippen LogP contribution in [-0.4, -0.2) is 242 Å². The highest BCUT2D eigenvalue weighted by Crippen LogP contribution is 2.31. The van der Waals surface area contributed by atoms with Gasteiger partial charge in [0.25, 0.3) is 0 Å². The maximum atomic E-state index is 6.50. The summed E-state index contributed by atoms with van der Waals surface area (Å²) in [6, 6.07) is 7.56. The molecular formula is C94H258O17Si29. The second kappa shape index (κ2) is 67.3. The van der Waals surface area contributed by atoms with Crippen LogP contribution in [0.25, 0.3) is 0 Å². The second-order valence-corrected chi connectivity index (χ2v) is 184. The minimum Gasteiger partial charge on any atom is -0.456 e. The molecule has 0 radical (unpaired) electrons. The third kappa shape index (κ3) is 140. The molecule has 0 unspecified atom stereocenters. The Morgan fingerprint density at radius 3 is 0.314 bits per heavy atom. The van der Waals surface area contributed by atoms with E-state index in [0.717, 1.165) is 0 Å². The van der Waals surface area contributed by atoms with Crippen molar-refractivity contribution in [2.24, 2.45) is 0 Å². The summed E-state index contributed by atoms with van der Waals surface area (Å²) in [5.41, 5.74) is 11.4. The summed E-state index contributed by atoms with van der Waals surface area (Å²) in [7, 11) is -43.2. The highest BCUT2D eigenvalue weighted by atomic mass is 28.5. The normalized spacial score (nSPS) is 14.0. The lowest BCUT2D eigenvalue weighted by Gasteiger charge is -2.36. The van der Waals surface area contributed by atoms with E-state index in [-0.39, 0.29) is 0 Å². The van der Waals surface area contributed by atoms with Gasteiger partial charge < -0.3 is 70.0 Å². The molecule has 852 valence electrons. The van der Waals surface area contributed by atoms with Crippen molar-refractivity contribution in [1.82, 2.24) is 0 Å². The third-order valence-corrected chi connectivity index (χ3v) is 106. The molecule has 0 atom stereocenters. The predicted octanol–water partition coefficient (Wildman–Crippen LogP) is 38.6. The molecule has 0 saturated carbocycles. The summed E-state index contributed by atoms with van der Waals surface area (Å²) >= 11 is 0. The van der Waals surface area contributed by atoms with Gasteiger partial charge in [0.05, 0.1) is 0 Å². The van der Waals surface area contributed by atoms with E-state index >= 15 is 0 Å². The first kappa shape index (κ1) is 169. The minimum atomic E-state index is -1.93. The Labute approximate surface area is 913 Å². The molecule has 0 spiro atoms. The van der Waals surface area contributed by atoms with Crippen molar-refractivity contribution < 1.29 is 70.0 Å². The summed E-state index contributed by atoms with van der Waals surface area (Å²) in [4.78, 5) is 0. The fraction of sp³-hybridized carbons (Fsp3) is 0.872. The molecule has 0 aliphatic heterocycles. The van der Waals surface area contributed by atoms with Gasteiger partial charge in [-0.3, -0.25) is 0 Å². The van der Waals surface area contributed by atoms with Crippen LogP contribution in [0, 0.1) is 0 Å². The molecule has 0 bridgehead atoms. The molecule has 46 heteroatoms. The average Bonchev–Trinajstić information content (AvgIpc) is 0.860. The minimum absolute atomic E-state index is 1.23. The Morgan fingerprint density at radius 1 is 0.129 bits per heavy atom. The van der Waals surface area contributed by atoms with E-state index < -0.39 is 242 Å². The Hall–Kier alpha value is 4.05. The standard InChI is InChI=1S/C10H26OSi2.C10H18OSi2.5C8H24O2Si3.C8H22OSi2.C8H18OSi2.3C6H18OSi2/c2*1-7-12(5,8-2)11-13(6,9-3)10-4;5*1-11(2,3)9-13(7,8)10-12(4,5)6;2*1-7-10(3,4)9-11(5,6)8-2;3*1-8(2,3)7-9(4,5)6/h7-10H2,1-6H3;7-10H,1-4H2,5-6H3;5*1-8H3;7-8H2,1-6H3;7-8H,1-2H2,3-6H3;3*1-6H3. The first-order valence-electron chi connectivity index (χ1n) is 52.5. The molecule has 0 aliphatic carbocycles. The van der Waals surface area contributed by atoms with Gasteiger partial charge in [0, 0.05) is 0 Å². The van der Waals surface area contributed by atoms with Crippen molar-refractivity contribution in [3.05, 3.63) is 73.7 Å². The number of rotatable bonds is 46. The third-order valence-electron chi connectivity index (χ3n) is 16.7. The molecule has 0 saturated heterocycles. The molecule has 140 heavy (non-hydrogen) atoms. The maximum absolute atomic E-state index is 6.50. The quantitative estimate of drug-likeness (QED) is 0.0530. The van der Waals surface area contributed by atoms with Crippen LogP contribution < -0.4 is 0 Å². The zero-order chi connectivity index (χ0) is 117. The van der Waals surface area contributed by atoms with E-state index in [2.05, 4.69) is 539 Å². The Kier molecular flexibility index (Phi) is 81.3. The summed E-state index contributed by atoms with van der Waals surface area (Å²) < 4.78 is 103. The monoisotopic (exact) mass is 2470 g/mol. The largest absolute Gasteiger partial charge is 0.456 e. The summed E-state index contributed by atoms with van der Waals surface area (Å²) in [6.45, 7) is 191. The molecule has 0 heterocycles. The van der Waals surface area contributed by atoms with Crippen LogP contribution >= 0.6 is 0 Å². The molecule has 0 aliphatic rings. The molecule has 0 fully saturated rings. The van der Waals surface area contributed by atoms with Crippen LogP contribution in [0.2, 0.25) is 495 Å². The van der Waals surface area contributed by atoms with Crippen molar-refractivity contribution in [3.63, 3.8) is 0 Å². The van der Waals surface area contributed by atoms with Crippen LogP contribution in [0.5, 0.6) is 0 Å². The highest BCUT2D eigenvalue weighted by molar-refractivity contribution is 6.96. The Balaban J connectivity index is -0.000000128. The molecule has 0 aromatic rings. The smallest absolute Gasteiger partial charge is 0.311 e. The topological polar surface area (TPSA) is 157 Å². The Morgan fingerprint density at radius 2 is 0.243 bits per heavy atom. The molecule has 0 N–H and O–H groups in total. The summed E-state index contributed by atoms with van der Waals surface area (Å²) in [5.74, 6) is 0.